The van der Waals surface area contributed by atoms with Crippen molar-refractivity contribution in [1.29, 1.82) is 0 Å². The molecule has 118 valence electrons. The molecule has 0 fully saturated rings. The van der Waals surface area contributed by atoms with Crippen molar-refractivity contribution in [2.75, 3.05) is 6.61 Å². The normalized spacial score (nSPS) is 12.7. The number of hydrogen-bond acceptors (Lipinski definition) is 4. The first-order valence-corrected chi connectivity index (χ1v) is 7.91. The van der Waals surface area contributed by atoms with Gasteiger partial charge in [-0.05, 0) is 25.1 Å². The number of benzene rings is 1. The summed E-state index contributed by atoms with van der Waals surface area (Å²) >= 11 is 1.39. The molecule has 0 aliphatic heterocycles. The third-order valence-electron chi connectivity index (χ3n) is 3.16. The van der Waals surface area contributed by atoms with Crippen LogP contribution in [0.25, 0.3) is 10.2 Å². The van der Waals surface area contributed by atoms with Gasteiger partial charge in [0.2, 0.25) is 0 Å². The maximum absolute atomic E-state index is 12.1. The molecule has 0 aliphatic rings. The second kappa shape index (κ2) is 6.04. The lowest BCUT2D eigenvalue weighted by Gasteiger charge is -2.11. The van der Waals surface area contributed by atoms with Crippen LogP contribution < -0.4 is 4.80 Å². The van der Waals surface area contributed by atoms with E-state index in [2.05, 4.69) is 4.99 Å². The van der Waals surface area contributed by atoms with Crippen LogP contribution >= 0.6 is 11.3 Å². The molecule has 22 heavy (non-hydrogen) atoms. The Labute approximate surface area is 133 Å². The molecule has 1 aromatic heterocycles. The Bertz CT molecular complexity index is 794. The lowest BCUT2D eigenvalue weighted by molar-refractivity contribution is -0.125. The highest BCUT2D eigenvalue weighted by molar-refractivity contribution is 7.16. The van der Waals surface area contributed by atoms with Crippen molar-refractivity contribution in [2.45, 2.75) is 27.7 Å². The molecular formula is C16H20N2O3S. The summed E-state index contributed by atoms with van der Waals surface area (Å²) in [6, 6.07) is 5.35. The Morgan fingerprint density at radius 2 is 2.00 bits per heavy atom. The van der Waals surface area contributed by atoms with Crippen LogP contribution in [0.2, 0.25) is 0 Å². The zero-order valence-corrected chi connectivity index (χ0v) is 14.3. The van der Waals surface area contributed by atoms with Crippen LogP contribution in [-0.2, 0) is 16.6 Å². The van der Waals surface area contributed by atoms with E-state index in [4.69, 9.17) is 4.74 Å². The first-order chi connectivity index (χ1) is 10.2. The highest BCUT2D eigenvalue weighted by atomic mass is 32.1. The summed E-state index contributed by atoms with van der Waals surface area (Å²) in [5.74, 6) is -0.509. The van der Waals surface area contributed by atoms with Crippen LogP contribution in [0.5, 0.6) is 0 Å². The minimum Gasteiger partial charge on any atom is -0.462 e. The van der Waals surface area contributed by atoms with Crippen molar-refractivity contribution in [1.82, 2.24) is 4.57 Å². The van der Waals surface area contributed by atoms with E-state index < -0.39 is 5.41 Å². The van der Waals surface area contributed by atoms with Crippen LogP contribution in [0, 0.1) is 5.41 Å². The molecule has 0 unspecified atom stereocenters. The molecule has 0 bridgehead atoms. The van der Waals surface area contributed by atoms with Crippen LogP contribution in [0.15, 0.2) is 23.2 Å². The minimum absolute atomic E-state index is 0.166. The van der Waals surface area contributed by atoms with Gasteiger partial charge in [0, 0.05) is 12.5 Å². The maximum atomic E-state index is 12.1. The van der Waals surface area contributed by atoms with Crippen molar-refractivity contribution in [3.8, 4) is 0 Å². The first kappa shape index (κ1) is 16.4. The second-order valence-electron chi connectivity index (χ2n) is 6.01. The smallest absolute Gasteiger partial charge is 0.338 e. The van der Waals surface area contributed by atoms with E-state index in [0.717, 1.165) is 10.2 Å². The van der Waals surface area contributed by atoms with Gasteiger partial charge in [-0.1, -0.05) is 32.1 Å². The Balaban J connectivity index is 2.52. The van der Waals surface area contributed by atoms with E-state index >= 15 is 0 Å². The summed E-state index contributed by atoms with van der Waals surface area (Å²) in [5.41, 5.74) is 0.919. The van der Waals surface area contributed by atoms with Gasteiger partial charge in [0.05, 0.1) is 22.4 Å². The first-order valence-electron chi connectivity index (χ1n) is 7.10. The number of aryl methyl sites for hydroxylation is 1. The molecule has 0 atom stereocenters. The Hall–Kier alpha value is -1.95. The molecule has 6 heteroatoms. The molecule has 2 rings (SSSR count). The van der Waals surface area contributed by atoms with E-state index in [-0.39, 0.29) is 11.9 Å². The fraction of sp³-hybridized carbons (Fsp3) is 0.438. The van der Waals surface area contributed by atoms with Crippen molar-refractivity contribution >= 4 is 33.4 Å². The number of hydrogen-bond donors (Lipinski definition) is 0. The highest BCUT2D eigenvalue weighted by Crippen LogP contribution is 2.20. The number of esters is 1. The van der Waals surface area contributed by atoms with E-state index in [1.54, 1.807) is 19.1 Å². The zero-order valence-electron chi connectivity index (χ0n) is 13.5. The van der Waals surface area contributed by atoms with Gasteiger partial charge in [0.25, 0.3) is 5.91 Å². The van der Waals surface area contributed by atoms with Crippen molar-refractivity contribution in [3.05, 3.63) is 28.6 Å². The number of carbonyl (C=O) groups is 2. The van der Waals surface area contributed by atoms with Gasteiger partial charge in [-0.3, -0.25) is 4.79 Å². The average Bonchev–Trinajstić information content (AvgIpc) is 2.74. The van der Waals surface area contributed by atoms with Crippen molar-refractivity contribution in [3.63, 3.8) is 0 Å². The molecule has 1 amide bonds. The minimum atomic E-state index is -0.515. The number of rotatable bonds is 2. The molecule has 0 spiro atoms. The number of aromatic nitrogens is 1. The Morgan fingerprint density at radius 3 is 2.59 bits per heavy atom. The average molecular weight is 320 g/mol. The molecule has 0 saturated heterocycles. The molecule has 0 saturated carbocycles. The third kappa shape index (κ3) is 3.27. The standard InChI is InChI=1S/C16H20N2O3S/c1-6-21-13(19)10-7-8-11-12(9-10)22-15(18(11)5)17-14(20)16(2,3)4/h7-9H,6H2,1-5H3. The number of amides is 1. The summed E-state index contributed by atoms with van der Waals surface area (Å²) in [6.45, 7) is 7.63. The number of carbonyl (C=O) groups excluding carboxylic acids is 2. The van der Waals surface area contributed by atoms with Crippen LogP contribution in [-0.4, -0.2) is 23.1 Å². The monoisotopic (exact) mass is 320 g/mol. The van der Waals surface area contributed by atoms with Gasteiger partial charge >= 0.3 is 5.97 Å². The Kier molecular flexibility index (Phi) is 4.51. The van der Waals surface area contributed by atoms with Crippen LogP contribution in [0.4, 0.5) is 0 Å². The SMILES string of the molecule is CCOC(=O)c1ccc2c(c1)sc(=NC(=O)C(C)(C)C)n2C. The highest BCUT2D eigenvalue weighted by Gasteiger charge is 2.21. The van der Waals surface area contributed by atoms with Gasteiger partial charge in [0.15, 0.2) is 4.80 Å². The number of nitrogens with zero attached hydrogens (tertiary/aromatic N) is 2. The summed E-state index contributed by atoms with van der Waals surface area (Å²) in [4.78, 5) is 28.7. The molecule has 1 aromatic carbocycles. The predicted octanol–water partition coefficient (Wildman–Crippen LogP) is 2.89. The summed E-state index contributed by atoms with van der Waals surface area (Å²) in [6.07, 6.45) is 0. The Morgan fingerprint density at radius 1 is 1.32 bits per heavy atom. The van der Waals surface area contributed by atoms with E-state index in [0.29, 0.717) is 17.0 Å². The van der Waals surface area contributed by atoms with E-state index in [9.17, 15) is 9.59 Å². The molecule has 0 radical (unpaired) electrons. The molecule has 0 aliphatic carbocycles. The summed E-state index contributed by atoms with van der Waals surface area (Å²) in [5, 5.41) is 0. The number of ether oxygens (including phenoxy) is 1. The largest absolute Gasteiger partial charge is 0.462 e. The quantitative estimate of drug-likeness (QED) is 0.799. The third-order valence-corrected chi connectivity index (χ3v) is 4.25. The lowest BCUT2D eigenvalue weighted by atomic mass is 9.96. The summed E-state index contributed by atoms with van der Waals surface area (Å²) in [7, 11) is 1.86. The molecule has 2 aromatic rings. The topological polar surface area (TPSA) is 60.7 Å². The van der Waals surface area contributed by atoms with Crippen LogP contribution in [0.1, 0.15) is 38.1 Å². The van der Waals surface area contributed by atoms with Gasteiger partial charge in [-0.15, -0.1) is 0 Å². The molecule has 1 heterocycles. The molecule has 0 N–H and O–H groups in total. The van der Waals surface area contributed by atoms with E-state index in [1.807, 2.05) is 38.5 Å². The van der Waals surface area contributed by atoms with E-state index in [1.165, 1.54) is 11.3 Å². The van der Waals surface area contributed by atoms with Gasteiger partial charge in [0.1, 0.15) is 0 Å². The second-order valence-corrected chi connectivity index (χ2v) is 7.02. The fourth-order valence-electron chi connectivity index (χ4n) is 1.84. The lowest BCUT2D eigenvalue weighted by Crippen LogP contribution is -2.22. The number of fused-ring (bicyclic) bond motifs is 1. The van der Waals surface area contributed by atoms with Crippen LogP contribution in [0.3, 0.4) is 0 Å². The molecule has 5 nitrogen and oxygen atoms in total. The van der Waals surface area contributed by atoms with Gasteiger partial charge < -0.3 is 9.30 Å². The molecular weight excluding hydrogens is 300 g/mol. The van der Waals surface area contributed by atoms with Gasteiger partial charge in [-0.2, -0.15) is 4.99 Å². The van der Waals surface area contributed by atoms with Crippen molar-refractivity contribution in [2.24, 2.45) is 17.5 Å². The van der Waals surface area contributed by atoms with Crippen molar-refractivity contribution < 1.29 is 14.3 Å². The summed E-state index contributed by atoms with van der Waals surface area (Å²) < 4.78 is 7.76. The van der Waals surface area contributed by atoms with Gasteiger partial charge in [-0.25, -0.2) is 4.79 Å². The zero-order chi connectivity index (χ0) is 16.5. The fourth-order valence-corrected chi connectivity index (χ4v) is 2.89. The predicted molar refractivity (Wildman–Crippen MR) is 86.8 cm³/mol. The number of thiazole rings is 1. The maximum Gasteiger partial charge on any atom is 0.338 e.